The molecular formula is C5H9NO4S. The van der Waals surface area contributed by atoms with Crippen LogP contribution in [0.4, 0.5) is 0 Å². The summed E-state index contributed by atoms with van der Waals surface area (Å²) in [6.07, 6.45) is -1.35. The third-order valence-electron chi connectivity index (χ3n) is 1.04. The fourth-order valence-electron chi connectivity index (χ4n) is 0.404. The van der Waals surface area contributed by atoms with E-state index in [1.165, 1.54) is 6.07 Å². The Balaban J connectivity index is 3.83. The minimum Gasteiger partial charge on any atom is -0.378 e. The van der Waals surface area contributed by atoms with E-state index in [4.69, 9.17) is 10.4 Å². The van der Waals surface area contributed by atoms with Crippen LogP contribution in [0, 0.1) is 11.3 Å². The summed E-state index contributed by atoms with van der Waals surface area (Å²) >= 11 is 0. The topological polar surface area (TPSA) is 87.4 Å². The largest absolute Gasteiger partial charge is 0.378 e. The van der Waals surface area contributed by atoms with Gasteiger partial charge < -0.3 is 5.11 Å². The summed E-state index contributed by atoms with van der Waals surface area (Å²) < 4.78 is 25.2. The highest BCUT2D eigenvalue weighted by atomic mass is 32.2. The molecule has 6 heteroatoms. The second kappa shape index (κ2) is 4.28. The maximum Gasteiger partial charge on any atom is 0.267 e. The molecule has 0 aromatic carbocycles. The molecule has 1 atom stereocenters. The third kappa shape index (κ3) is 4.72. The number of rotatable bonds is 4. The van der Waals surface area contributed by atoms with E-state index in [-0.39, 0.29) is 12.2 Å². The van der Waals surface area contributed by atoms with Gasteiger partial charge in [-0.1, -0.05) is 0 Å². The molecule has 0 saturated carbocycles. The van der Waals surface area contributed by atoms with E-state index in [1.807, 2.05) is 0 Å². The second-order valence-electron chi connectivity index (χ2n) is 1.86. The van der Waals surface area contributed by atoms with E-state index in [0.29, 0.717) is 0 Å². The Morgan fingerprint density at radius 1 is 1.73 bits per heavy atom. The van der Waals surface area contributed by atoms with Crippen LogP contribution in [0.15, 0.2) is 0 Å². The van der Waals surface area contributed by atoms with Crippen LogP contribution in [-0.2, 0) is 14.3 Å². The van der Waals surface area contributed by atoms with Crippen molar-refractivity contribution in [1.82, 2.24) is 0 Å². The molecular weight excluding hydrogens is 170 g/mol. The molecule has 0 saturated heterocycles. The first-order chi connectivity index (χ1) is 5.02. The van der Waals surface area contributed by atoms with Crippen LogP contribution in [0.25, 0.3) is 0 Å². The lowest BCUT2D eigenvalue weighted by molar-refractivity contribution is 0.225. The van der Waals surface area contributed by atoms with Crippen molar-refractivity contribution in [3.8, 4) is 6.07 Å². The molecule has 0 heterocycles. The standard InChI is InChI=1S/C5H9NO4S/c1-10-11(8,9)3-2-5(7)4-6/h5,7H,2-3H2,1H3. The molecule has 0 amide bonds. The molecule has 0 aliphatic heterocycles. The summed E-state index contributed by atoms with van der Waals surface area (Å²) in [6, 6.07) is 1.50. The van der Waals surface area contributed by atoms with Gasteiger partial charge >= 0.3 is 0 Å². The zero-order valence-corrected chi connectivity index (χ0v) is 6.84. The van der Waals surface area contributed by atoms with Gasteiger partial charge in [0.2, 0.25) is 0 Å². The Morgan fingerprint density at radius 3 is 2.64 bits per heavy atom. The van der Waals surface area contributed by atoms with Crippen LogP contribution in [-0.4, -0.2) is 32.5 Å². The van der Waals surface area contributed by atoms with E-state index in [9.17, 15) is 8.42 Å². The highest BCUT2D eigenvalue weighted by Gasteiger charge is 2.11. The monoisotopic (exact) mass is 179 g/mol. The van der Waals surface area contributed by atoms with Crippen LogP contribution < -0.4 is 0 Å². The van der Waals surface area contributed by atoms with Crippen LogP contribution in [0.3, 0.4) is 0 Å². The number of aliphatic hydroxyl groups is 1. The molecule has 0 radical (unpaired) electrons. The van der Waals surface area contributed by atoms with Crippen LogP contribution in [0.2, 0.25) is 0 Å². The van der Waals surface area contributed by atoms with Gasteiger partial charge in [-0.25, -0.2) is 0 Å². The Morgan fingerprint density at radius 2 is 2.27 bits per heavy atom. The van der Waals surface area contributed by atoms with Crippen molar-refractivity contribution >= 4 is 10.1 Å². The quantitative estimate of drug-likeness (QED) is 0.452. The average Bonchev–Trinajstić information content (AvgIpc) is 2.00. The SMILES string of the molecule is COS(=O)(=O)CCC(O)C#N. The van der Waals surface area contributed by atoms with Crippen molar-refractivity contribution in [2.24, 2.45) is 0 Å². The minimum absolute atomic E-state index is 0.118. The van der Waals surface area contributed by atoms with Crippen LogP contribution >= 0.6 is 0 Å². The van der Waals surface area contributed by atoms with Gasteiger partial charge in [0.05, 0.1) is 18.9 Å². The van der Waals surface area contributed by atoms with Gasteiger partial charge in [-0.15, -0.1) is 0 Å². The van der Waals surface area contributed by atoms with Gasteiger partial charge in [0.15, 0.2) is 0 Å². The number of aliphatic hydroxyl groups excluding tert-OH is 1. The molecule has 11 heavy (non-hydrogen) atoms. The first kappa shape index (κ1) is 10.4. The van der Waals surface area contributed by atoms with Crippen molar-refractivity contribution in [3.63, 3.8) is 0 Å². The van der Waals surface area contributed by atoms with Gasteiger partial charge in [-0.2, -0.15) is 13.7 Å². The van der Waals surface area contributed by atoms with Crippen molar-refractivity contribution in [2.45, 2.75) is 12.5 Å². The van der Waals surface area contributed by atoms with Crippen LogP contribution in [0.5, 0.6) is 0 Å². The first-order valence-corrected chi connectivity index (χ1v) is 4.45. The van der Waals surface area contributed by atoms with Gasteiger partial charge in [-0.3, -0.25) is 4.18 Å². The average molecular weight is 179 g/mol. The highest BCUT2D eigenvalue weighted by Crippen LogP contribution is 1.97. The zero-order chi connectivity index (χ0) is 8.91. The lowest BCUT2D eigenvalue weighted by Crippen LogP contribution is -2.14. The molecule has 1 N–H and O–H groups in total. The molecule has 0 rings (SSSR count). The van der Waals surface area contributed by atoms with E-state index in [2.05, 4.69) is 4.18 Å². The van der Waals surface area contributed by atoms with Crippen molar-refractivity contribution in [3.05, 3.63) is 0 Å². The summed E-state index contributed by atoms with van der Waals surface area (Å²) in [7, 11) is -2.50. The van der Waals surface area contributed by atoms with Gasteiger partial charge in [0.1, 0.15) is 6.10 Å². The van der Waals surface area contributed by atoms with E-state index in [1.54, 1.807) is 0 Å². The Labute approximate surface area is 65.3 Å². The Kier molecular flexibility index (Phi) is 4.03. The van der Waals surface area contributed by atoms with Gasteiger partial charge in [0, 0.05) is 6.42 Å². The molecule has 0 aliphatic rings. The number of nitrogens with zero attached hydrogens (tertiary/aromatic N) is 1. The second-order valence-corrected chi connectivity index (χ2v) is 3.72. The fraction of sp³-hybridized carbons (Fsp3) is 0.800. The molecule has 5 nitrogen and oxygen atoms in total. The summed E-state index contributed by atoms with van der Waals surface area (Å²) in [5, 5.41) is 16.7. The lowest BCUT2D eigenvalue weighted by atomic mass is 10.3. The van der Waals surface area contributed by atoms with Crippen molar-refractivity contribution < 1.29 is 17.7 Å². The zero-order valence-electron chi connectivity index (χ0n) is 6.02. The lowest BCUT2D eigenvalue weighted by Gasteiger charge is -2.00. The number of nitriles is 1. The molecule has 0 fully saturated rings. The molecule has 0 aromatic rings. The summed E-state index contributed by atoms with van der Waals surface area (Å²) in [5.41, 5.74) is 0. The maximum absolute atomic E-state index is 10.6. The maximum atomic E-state index is 10.6. The molecule has 0 aromatic heterocycles. The molecule has 64 valence electrons. The van der Waals surface area contributed by atoms with E-state index in [0.717, 1.165) is 7.11 Å². The molecule has 0 bridgehead atoms. The van der Waals surface area contributed by atoms with Crippen molar-refractivity contribution in [2.75, 3.05) is 12.9 Å². The van der Waals surface area contributed by atoms with Crippen LogP contribution in [0.1, 0.15) is 6.42 Å². The predicted octanol–water partition coefficient (Wildman–Crippen LogP) is -0.763. The summed E-state index contributed by atoms with van der Waals surface area (Å²) in [5.74, 6) is -0.335. The normalized spacial score (nSPS) is 13.9. The number of hydrogen-bond acceptors (Lipinski definition) is 5. The third-order valence-corrected chi connectivity index (χ3v) is 2.29. The molecule has 0 spiro atoms. The van der Waals surface area contributed by atoms with Gasteiger partial charge in [0.25, 0.3) is 10.1 Å². The van der Waals surface area contributed by atoms with Crippen molar-refractivity contribution in [1.29, 1.82) is 5.26 Å². The van der Waals surface area contributed by atoms with E-state index < -0.39 is 16.2 Å². The Hall–Kier alpha value is -0.640. The summed E-state index contributed by atoms with van der Waals surface area (Å²) in [6.45, 7) is 0. The smallest absolute Gasteiger partial charge is 0.267 e. The highest BCUT2D eigenvalue weighted by molar-refractivity contribution is 7.86. The molecule has 1 unspecified atom stereocenters. The minimum atomic E-state index is -3.54. The van der Waals surface area contributed by atoms with E-state index >= 15 is 0 Å². The fourth-order valence-corrected chi connectivity index (χ4v) is 1.08. The predicted molar refractivity (Wildman–Crippen MR) is 37.0 cm³/mol. The van der Waals surface area contributed by atoms with Gasteiger partial charge in [-0.05, 0) is 0 Å². The number of hydrogen-bond donors (Lipinski definition) is 1. The summed E-state index contributed by atoms with van der Waals surface area (Å²) in [4.78, 5) is 0. The first-order valence-electron chi connectivity index (χ1n) is 2.88. The molecule has 0 aliphatic carbocycles. The Bertz CT molecular complexity index is 240.